The highest BCUT2D eigenvalue weighted by atomic mass is 16.3. The van der Waals surface area contributed by atoms with Gasteiger partial charge in [0, 0.05) is 27.1 Å². The first-order chi connectivity index (χ1) is 20.3. The van der Waals surface area contributed by atoms with E-state index in [0.29, 0.717) is 0 Å². The molecular weight excluding hydrogens is 498 g/mol. The lowest BCUT2D eigenvalue weighted by molar-refractivity contribution is 0.669. The molecular formula is C39H23NO. The number of hydrogen-bond acceptors (Lipinski definition) is 2. The van der Waals surface area contributed by atoms with Gasteiger partial charge in [-0.25, -0.2) is 4.98 Å². The van der Waals surface area contributed by atoms with Crippen LogP contribution in [0.5, 0.6) is 0 Å². The molecule has 2 heteroatoms. The van der Waals surface area contributed by atoms with Crippen LogP contribution in [0, 0.1) is 0 Å². The van der Waals surface area contributed by atoms with Gasteiger partial charge in [0.05, 0.1) is 11.2 Å². The minimum Gasteiger partial charge on any atom is -0.456 e. The van der Waals surface area contributed by atoms with Crippen molar-refractivity contribution in [3.8, 4) is 22.4 Å². The van der Waals surface area contributed by atoms with Crippen molar-refractivity contribution in [2.75, 3.05) is 0 Å². The molecule has 7 aromatic carbocycles. The zero-order chi connectivity index (χ0) is 26.9. The van der Waals surface area contributed by atoms with Crippen LogP contribution >= 0.6 is 0 Å². The standard InChI is InChI=1S/C39H23NO/c1-2-13-27-25(10-1)21-32(29-15-4-3-14-28(27)29)24-11-9-12-26(20-24)39-35-23-38-34(31-17-6-8-19-37(31)41-38)22-33(35)30-16-5-7-18-36(30)40-39/h1-23H. The number of pyridine rings is 1. The van der Waals surface area contributed by atoms with Crippen LogP contribution in [0.25, 0.3) is 87.5 Å². The highest BCUT2D eigenvalue weighted by molar-refractivity contribution is 6.19. The SMILES string of the molecule is c1cc(-c2cc3ccccc3c3ccccc23)cc(-c2nc3ccccc3c3cc4c(cc23)oc2ccccc24)c1. The second-order valence-corrected chi connectivity index (χ2v) is 10.7. The van der Waals surface area contributed by atoms with E-state index >= 15 is 0 Å². The van der Waals surface area contributed by atoms with E-state index in [1.54, 1.807) is 0 Å². The quantitative estimate of drug-likeness (QED) is 0.211. The molecule has 2 aromatic heterocycles. The monoisotopic (exact) mass is 521 g/mol. The second-order valence-electron chi connectivity index (χ2n) is 10.7. The Balaban J connectivity index is 1.34. The summed E-state index contributed by atoms with van der Waals surface area (Å²) in [6.07, 6.45) is 0. The van der Waals surface area contributed by atoms with Crippen molar-refractivity contribution >= 4 is 65.2 Å². The average molecular weight is 522 g/mol. The maximum atomic E-state index is 6.32. The molecule has 0 fully saturated rings. The number of nitrogens with zero attached hydrogens (tertiary/aromatic N) is 1. The Bertz CT molecular complexity index is 2480. The Morgan fingerprint density at radius 3 is 2.00 bits per heavy atom. The molecule has 2 nitrogen and oxygen atoms in total. The first kappa shape index (κ1) is 22.4. The molecule has 0 N–H and O–H groups in total. The van der Waals surface area contributed by atoms with E-state index in [0.717, 1.165) is 49.5 Å². The lowest BCUT2D eigenvalue weighted by Gasteiger charge is -2.14. The summed E-state index contributed by atoms with van der Waals surface area (Å²) in [7, 11) is 0. The molecule has 0 saturated heterocycles. The summed E-state index contributed by atoms with van der Waals surface area (Å²) >= 11 is 0. The minimum atomic E-state index is 0.883. The Hall–Kier alpha value is -5.47. The summed E-state index contributed by atoms with van der Waals surface area (Å²) in [5.41, 5.74) is 7.24. The predicted molar refractivity (Wildman–Crippen MR) is 172 cm³/mol. The van der Waals surface area contributed by atoms with E-state index in [2.05, 4.69) is 127 Å². The molecule has 0 saturated carbocycles. The molecule has 0 bridgehead atoms. The maximum Gasteiger partial charge on any atom is 0.136 e. The summed E-state index contributed by atoms with van der Waals surface area (Å²) in [5.74, 6) is 0. The summed E-state index contributed by atoms with van der Waals surface area (Å²) in [5, 5.41) is 10.7. The zero-order valence-electron chi connectivity index (χ0n) is 22.1. The van der Waals surface area contributed by atoms with Crippen LogP contribution in [0.2, 0.25) is 0 Å². The third-order valence-corrected chi connectivity index (χ3v) is 8.41. The fourth-order valence-electron chi connectivity index (χ4n) is 6.52. The third kappa shape index (κ3) is 3.34. The van der Waals surface area contributed by atoms with Crippen LogP contribution in [0.3, 0.4) is 0 Å². The van der Waals surface area contributed by atoms with Crippen molar-refractivity contribution in [1.29, 1.82) is 0 Å². The largest absolute Gasteiger partial charge is 0.456 e. The summed E-state index contributed by atoms with van der Waals surface area (Å²) in [4.78, 5) is 5.24. The van der Waals surface area contributed by atoms with Crippen molar-refractivity contribution in [1.82, 2.24) is 4.98 Å². The molecule has 190 valence electrons. The molecule has 0 aliphatic carbocycles. The Kier molecular flexibility index (Phi) is 4.64. The van der Waals surface area contributed by atoms with Crippen molar-refractivity contribution in [3.05, 3.63) is 140 Å². The molecule has 9 rings (SSSR count). The summed E-state index contributed by atoms with van der Waals surface area (Å²) < 4.78 is 6.32. The minimum absolute atomic E-state index is 0.883. The van der Waals surface area contributed by atoms with Gasteiger partial charge in [-0.3, -0.25) is 0 Å². The van der Waals surface area contributed by atoms with Crippen LogP contribution in [-0.4, -0.2) is 4.98 Å². The molecule has 0 spiro atoms. The van der Waals surface area contributed by atoms with Gasteiger partial charge >= 0.3 is 0 Å². The van der Waals surface area contributed by atoms with E-state index in [9.17, 15) is 0 Å². The van der Waals surface area contributed by atoms with Gasteiger partial charge in [-0.05, 0) is 74.5 Å². The number of para-hydroxylation sites is 2. The molecule has 2 heterocycles. The van der Waals surface area contributed by atoms with Gasteiger partial charge in [0.1, 0.15) is 11.2 Å². The fourth-order valence-corrected chi connectivity index (χ4v) is 6.52. The molecule has 0 aliphatic rings. The van der Waals surface area contributed by atoms with E-state index in [1.807, 2.05) is 12.1 Å². The van der Waals surface area contributed by atoms with Crippen molar-refractivity contribution in [2.45, 2.75) is 0 Å². The lowest BCUT2D eigenvalue weighted by Crippen LogP contribution is -1.91. The molecule has 41 heavy (non-hydrogen) atoms. The first-order valence-electron chi connectivity index (χ1n) is 14.0. The number of rotatable bonds is 2. The number of aromatic nitrogens is 1. The Morgan fingerprint density at radius 1 is 0.390 bits per heavy atom. The van der Waals surface area contributed by atoms with Crippen LogP contribution in [0.1, 0.15) is 0 Å². The van der Waals surface area contributed by atoms with E-state index in [-0.39, 0.29) is 0 Å². The number of furan rings is 1. The van der Waals surface area contributed by atoms with Gasteiger partial charge in [-0.2, -0.15) is 0 Å². The maximum absolute atomic E-state index is 6.32. The highest BCUT2D eigenvalue weighted by Gasteiger charge is 2.16. The van der Waals surface area contributed by atoms with Gasteiger partial charge in [0.2, 0.25) is 0 Å². The average Bonchev–Trinajstić information content (AvgIpc) is 3.41. The highest BCUT2D eigenvalue weighted by Crippen LogP contribution is 2.40. The van der Waals surface area contributed by atoms with Crippen LogP contribution in [-0.2, 0) is 0 Å². The molecule has 0 aliphatic heterocycles. The number of hydrogen-bond donors (Lipinski definition) is 0. The van der Waals surface area contributed by atoms with E-state index in [1.165, 1.54) is 38.1 Å². The number of fused-ring (bicyclic) bond motifs is 9. The van der Waals surface area contributed by atoms with Crippen LogP contribution < -0.4 is 0 Å². The van der Waals surface area contributed by atoms with Crippen LogP contribution in [0.15, 0.2) is 144 Å². The van der Waals surface area contributed by atoms with Gasteiger partial charge < -0.3 is 4.42 Å². The number of benzene rings is 7. The molecule has 0 amide bonds. The Labute approximate surface area is 236 Å². The van der Waals surface area contributed by atoms with Crippen molar-refractivity contribution in [3.63, 3.8) is 0 Å². The lowest BCUT2D eigenvalue weighted by atomic mass is 9.91. The zero-order valence-corrected chi connectivity index (χ0v) is 22.1. The van der Waals surface area contributed by atoms with Crippen LogP contribution in [0.4, 0.5) is 0 Å². The van der Waals surface area contributed by atoms with Gasteiger partial charge in [0.15, 0.2) is 0 Å². The van der Waals surface area contributed by atoms with Gasteiger partial charge in [-0.1, -0.05) is 103 Å². The van der Waals surface area contributed by atoms with Gasteiger partial charge in [0.25, 0.3) is 0 Å². The topological polar surface area (TPSA) is 26.0 Å². The Morgan fingerprint density at radius 2 is 1.10 bits per heavy atom. The van der Waals surface area contributed by atoms with Crippen molar-refractivity contribution < 1.29 is 4.42 Å². The summed E-state index contributed by atoms with van der Waals surface area (Å²) in [6, 6.07) is 49.6. The van der Waals surface area contributed by atoms with E-state index < -0.39 is 0 Å². The normalized spacial score (nSPS) is 11.9. The predicted octanol–water partition coefficient (Wildman–Crippen LogP) is 10.9. The van der Waals surface area contributed by atoms with Gasteiger partial charge in [-0.15, -0.1) is 0 Å². The molecule has 0 unspecified atom stereocenters. The molecule has 0 radical (unpaired) electrons. The van der Waals surface area contributed by atoms with E-state index in [4.69, 9.17) is 9.40 Å². The second kappa shape index (κ2) is 8.51. The fraction of sp³-hybridized carbons (Fsp3) is 0. The van der Waals surface area contributed by atoms with Crippen molar-refractivity contribution in [2.24, 2.45) is 0 Å². The summed E-state index contributed by atoms with van der Waals surface area (Å²) in [6.45, 7) is 0. The molecule has 0 atom stereocenters. The molecule has 9 aromatic rings. The first-order valence-corrected chi connectivity index (χ1v) is 14.0. The third-order valence-electron chi connectivity index (χ3n) is 8.41. The smallest absolute Gasteiger partial charge is 0.136 e.